The zero-order chi connectivity index (χ0) is 9.52. The Labute approximate surface area is 74.6 Å². The summed E-state index contributed by atoms with van der Waals surface area (Å²) in [5, 5.41) is 3.30. The third kappa shape index (κ3) is 1.38. The van der Waals surface area contributed by atoms with Gasteiger partial charge in [0.2, 0.25) is 5.69 Å². The fraction of sp³-hybridized carbons (Fsp3) is 0.700. The van der Waals surface area contributed by atoms with Crippen molar-refractivity contribution in [1.29, 1.82) is 0 Å². The third-order valence-electron chi connectivity index (χ3n) is 2.33. The summed E-state index contributed by atoms with van der Waals surface area (Å²) < 4.78 is 2.08. The first kappa shape index (κ1) is 9.30. The third-order valence-corrected chi connectivity index (χ3v) is 2.33. The van der Waals surface area contributed by atoms with Crippen LogP contribution in [0.15, 0.2) is 0 Å². The Morgan fingerprint density at radius 1 is 1.17 bits per heavy atom. The van der Waals surface area contributed by atoms with Crippen molar-refractivity contribution in [2.24, 2.45) is 7.05 Å². The van der Waals surface area contributed by atoms with Gasteiger partial charge < -0.3 is 0 Å². The number of hydrogen-bond donors (Lipinski definition) is 1. The molecule has 0 bridgehead atoms. The average molecular weight is 167 g/mol. The second-order valence-electron chi connectivity index (χ2n) is 4.51. The summed E-state index contributed by atoms with van der Waals surface area (Å²) in [7, 11) is 2.05. The van der Waals surface area contributed by atoms with Crippen LogP contribution in [0.25, 0.3) is 0 Å². The molecule has 0 saturated heterocycles. The summed E-state index contributed by atoms with van der Waals surface area (Å²) in [6, 6.07) is 0. The van der Waals surface area contributed by atoms with E-state index in [9.17, 15) is 0 Å². The SMILES string of the molecule is Cc1[nH][n+](C)c(C)c1C(C)(C)C. The van der Waals surface area contributed by atoms with E-state index < -0.39 is 0 Å². The van der Waals surface area contributed by atoms with Crippen molar-refractivity contribution in [2.75, 3.05) is 0 Å². The van der Waals surface area contributed by atoms with Crippen molar-refractivity contribution in [2.45, 2.75) is 40.0 Å². The van der Waals surface area contributed by atoms with Gasteiger partial charge in [0.1, 0.15) is 0 Å². The molecular weight excluding hydrogens is 148 g/mol. The molecule has 0 amide bonds. The van der Waals surface area contributed by atoms with Crippen molar-refractivity contribution in [3.05, 3.63) is 17.0 Å². The first-order valence-corrected chi connectivity index (χ1v) is 4.39. The number of nitrogens with one attached hydrogen (secondary N) is 1. The van der Waals surface area contributed by atoms with Crippen LogP contribution in [0.4, 0.5) is 0 Å². The molecule has 0 unspecified atom stereocenters. The van der Waals surface area contributed by atoms with E-state index in [-0.39, 0.29) is 5.41 Å². The highest BCUT2D eigenvalue weighted by molar-refractivity contribution is 5.27. The lowest BCUT2D eigenvalue weighted by atomic mass is 9.85. The van der Waals surface area contributed by atoms with Crippen molar-refractivity contribution in [1.82, 2.24) is 5.10 Å². The second kappa shape index (κ2) is 2.61. The van der Waals surface area contributed by atoms with Crippen LogP contribution in [-0.2, 0) is 12.5 Å². The van der Waals surface area contributed by atoms with Crippen LogP contribution in [0.5, 0.6) is 0 Å². The maximum absolute atomic E-state index is 3.30. The van der Waals surface area contributed by atoms with Crippen molar-refractivity contribution in [3.63, 3.8) is 0 Å². The summed E-state index contributed by atoms with van der Waals surface area (Å²) >= 11 is 0. The molecule has 0 fully saturated rings. The smallest absolute Gasteiger partial charge is 0.170 e. The van der Waals surface area contributed by atoms with Crippen molar-refractivity contribution < 1.29 is 4.68 Å². The van der Waals surface area contributed by atoms with E-state index in [0.717, 1.165) is 0 Å². The van der Waals surface area contributed by atoms with Crippen LogP contribution in [0.3, 0.4) is 0 Å². The van der Waals surface area contributed by atoms with E-state index in [0.29, 0.717) is 0 Å². The van der Waals surface area contributed by atoms with Gasteiger partial charge in [0.25, 0.3) is 0 Å². The summed E-state index contributed by atoms with van der Waals surface area (Å²) in [5.74, 6) is 0. The van der Waals surface area contributed by atoms with Crippen molar-refractivity contribution in [3.8, 4) is 0 Å². The Bertz CT molecular complexity index is 290. The Hall–Kier alpha value is -0.790. The van der Waals surface area contributed by atoms with Gasteiger partial charge in [0, 0.05) is 6.92 Å². The Morgan fingerprint density at radius 2 is 1.67 bits per heavy atom. The molecule has 0 aliphatic rings. The minimum atomic E-state index is 0.242. The van der Waals surface area contributed by atoms with Gasteiger partial charge in [-0.2, -0.15) is 5.10 Å². The van der Waals surface area contributed by atoms with Crippen LogP contribution < -0.4 is 4.68 Å². The predicted octanol–water partition coefficient (Wildman–Crippen LogP) is 1.75. The molecule has 0 radical (unpaired) electrons. The monoisotopic (exact) mass is 167 g/mol. The van der Waals surface area contributed by atoms with E-state index in [1.807, 2.05) is 0 Å². The molecule has 1 aromatic heterocycles. The number of aromatic nitrogens is 2. The molecule has 1 rings (SSSR count). The number of nitrogens with zero attached hydrogens (tertiary/aromatic N) is 1. The molecule has 1 heterocycles. The molecule has 0 atom stereocenters. The quantitative estimate of drug-likeness (QED) is 0.568. The van der Waals surface area contributed by atoms with Gasteiger partial charge in [-0.05, 0) is 12.3 Å². The van der Waals surface area contributed by atoms with E-state index in [4.69, 9.17) is 0 Å². The highest BCUT2D eigenvalue weighted by Crippen LogP contribution is 2.25. The van der Waals surface area contributed by atoms with Gasteiger partial charge in [0.15, 0.2) is 7.05 Å². The highest BCUT2D eigenvalue weighted by Gasteiger charge is 2.26. The normalized spacial score (nSPS) is 12.2. The van der Waals surface area contributed by atoms with Crippen LogP contribution in [-0.4, -0.2) is 5.10 Å². The van der Waals surface area contributed by atoms with Gasteiger partial charge in [-0.25, -0.2) is 0 Å². The van der Waals surface area contributed by atoms with Crippen LogP contribution in [0.2, 0.25) is 0 Å². The van der Waals surface area contributed by atoms with E-state index >= 15 is 0 Å². The first-order chi connectivity index (χ1) is 5.34. The molecule has 0 spiro atoms. The molecule has 68 valence electrons. The lowest BCUT2D eigenvalue weighted by molar-refractivity contribution is -0.732. The number of hydrogen-bond acceptors (Lipinski definition) is 0. The number of rotatable bonds is 0. The first-order valence-electron chi connectivity index (χ1n) is 4.39. The van der Waals surface area contributed by atoms with Crippen LogP contribution >= 0.6 is 0 Å². The standard InChI is InChI=1S/C10H18N2/c1-7-9(10(3,4)5)8(2)12(6)11-7/h1-6H3/p+1. The maximum atomic E-state index is 3.30. The maximum Gasteiger partial charge on any atom is 0.208 e. The molecular formula is C10H19N2+. The van der Waals surface area contributed by atoms with E-state index in [1.54, 1.807) is 0 Å². The number of H-pyrrole nitrogens is 1. The van der Waals surface area contributed by atoms with Gasteiger partial charge in [0.05, 0.1) is 11.3 Å². The van der Waals surface area contributed by atoms with Gasteiger partial charge in [-0.15, -0.1) is 4.68 Å². The fourth-order valence-corrected chi connectivity index (χ4v) is 1.94. The summed E-state index contributed by atoms with van der Waals surface area (Å²) in [6.07, 6.45) is 0. The molecule has 2 heteroatoms. The lowest BCUT2D eigenvalue weighted by Crippen LogP contribution is -2.33. The molecule has 1 N–H and O–H groups in total. The molecule has 0 saturated carbocycles. The largest absolute Gasteiger partial charge is 0.208 e. The summed E-state index contributed by atoms with van der Waals surface area (Å²) in [4.78, 5) is 0. The molecule has 12 heavy (non-hydrogen) atoms. The molecule has 0 aliphatic carbocycles. The highest BCUT2D eigenvalue weighted by atomic mass is 15.3. The van der Waals surface area contributed by atoms with Crippen molar-refractivity contribution >= 4 is 0 Å². The number of aryl methyl sites for hydroxylation is 2. The fourth-order valence-electron chi connectivity index (χ4n) is 1.94. The second-order valence-corrected chi connectivity index (χ2v) is 4.51. The van der Waals surface area contributed by atoms with Crippen LogP contribution in [0, 0.1) is 13.8 Å². The van der Waals surface area contributed by atoms with Gasteiger partial charge in [-0.3, -0.25) is 0 Å². The number of aromatic amines is 1. The Kier molecular flexibility index (Phi) is 2.02. The van der Waals surface area contributed by atoms with E-state index in [2.05, 4.69) is 51.4 Å². The Balaban J connectivity index is 3.32. The summed E-state index contributed by atoms with van der Waals surface area (Å²) in [6.45, 7) is 11.0. The molecule has 1 aromatic rings. The van der Waals surface area contributed by atoms with Gasteiger partial charge >= 0.3 is 0 Å². The predicted molar refractivity (Wildman–Crippen MR) is 50.1 cm³/mol. The molecule has 2 nitrogen and oxygen atoms in total. The zero-order valence-electron chi connectivity index (χ0n) is 8.95. The zero-order valence-corrected chi connectivity index (χ0v) is 8.95. The van der Waals surface area contributed by atoms with Gasteiger partial charge in [-0.1, -0.05) is 20.8 Å². The summed E-state index contributed by atoms with van der Waals surface area (Å²) in [5.41, 5.74) is 4.29. The molecule has 0 aromatic carbocycles. The topological polar surface area (TPSA) is 19.7 Å². The lowest BCUT2D eigenvalue weighted by Gasteiger charge is -2.16. The molecule has 0 aliphatic heterocycles. The van der Waals surface area contributed by atoms with Crippen LogP contribution in [0.1, 0.15) is 37.7 Å². The minimum Gasteiger partial charge on any atom is -0.170 e. The average Bonchev–Trinajstić information content (AvgIpc) is 2.05. The minimum absolute atomic E-state index is 0.242. The Morgan fingerprint density at radius 3 is 1.83 bits per heavy atom. The van der Waals surface area contributed by atoms with E-state index in [1.165, 1.54) is 17.0 Å².